The molecule has 0 spiro atoms. The van der Waals surface area contributed by atoms with E-state index in [4.69, 9.17) is 15.1 Å². The standard InChI is InChI=1S/C14H12N2O3S2/c1-8-11(6-13(17)18)20-14(16-8)21-12-5-10(19-2)4-3-9(12)7-15/h3-5H,6H2,1-2H3,(H,17,18). The topological polar surface area (TPSA) is 83.2 Å². The van der Waals surface area contributed by atoms with Crippen LogP contribution in [0.5, 0.6) is 5.75 Å². The highest BCUT2D eigenvalue weighted by Crippen LogP contribution is 2.36. The van der Waals surface area contributed by atoms with Gasteiger partial charge >= 0.3 is 5.97 Å². The van der Waals surface area contributed by atoms with Crippen molar-refractivity contribution in [2.75, 3.05) is 7.11 Å². The number of nitriles is 1. The van der Waals surface area contributed by atoms with Gasteiger partial charge in [-0.25, -0.2) is 4.98 Å². The van der Waals surface area contributed by atoms with E-state index in [0.717, 1.165) is 9.77 Å². The molecule has 0 amide bonds. The molecule has 1 aromatic carbocycles. The van der Waals surface area contributed by atoms with Gasteiger partial charge in [0.2, 0.25) is 0 Å². The first kappa shape index (κ1) is 15.4. The highest BCUT2D eigenvalue weighted by atomic mass is 32.2. The molecule has 1 N–H and O–H groups in total. The van der Waals surface area contributed by atoms with Gasteiger partial charge in [-0.1, -0.05) is 11.8 Å². The lowest BCUT2D eigenvalue weighted by atomic mass is 10.2. The lowest BCUT2D eigenvalue weighted by Crippen LogP contribution is -1.99. The van der Waals surface area contributed by atoms with E-state index < -0.39 is 5.97 Å². The molecule has 0 atom stereocenters. The predicted molar refractivity (Wildman–Crippen MR) is 80.0 cm³/mol. The molecule has 0 fully saturated rings. The number of thiazole rings is 1. The largest absolute Gasteiger partial charge is 0.497 e. The number of methoxy groups -OCH3 is 1. The molecule has 0 unspecified atom stereocenters. The molecule has 0 aliphatic heterocycles. The normalized spacial score (nSPS) is 10.1. The zero-order valence-corrected chi connectivity index (χ0v) is 13.0. The van der Waals surface area contributed by atoms with E-state index in [1.807, 2.05) is 0 Å². The number of benzene rings is 1. The molecule has 2 rings (SSSR count). The van der Waals surface area contributed by atoms with Gasteiger partial charge in [0.1, 0.15) is 11.8 Å². The van der Waals surface area contributed by atoms with Crippen molar-refractivity contribution in [1.29, 1.82) is 5.26 Å². The van der Waals surface area contributed by atoms with Crippen molar-refractivity contribution in [2.45, 2.75) is 22.6 Å². The summed E-state index contributed by atoms with van der Waals surface area (Å²) in [5.41, 5.74) is 1.25. The second kappa shape index (κ2) is 6.61. The summed E-state index contributed by atoms with van der Waals surface area (Å²) in [6.07, 6.45) is -0.0344. The lowest BCUT2D eigenvalue weighted by Gasteiger charge is -2.04. The zero-order chi connectivity index (χ0) is 15.4. The fraction of sp³-hybridized carbons (Fsp3) is 0.214. The third-order valence-electron chi connectivity index (χ3n) is 2.69. The average Bonchev–Trinajstić information content (AvgIpc) is 2.78. The molecule has 0 bridgehead atoms. The van der Waals surface area contributed by atoms with Gasteiger partial charge in [-0.15, -0.1) is 11.3 Å². The summed E-state index contributed by atoms with van der Waals surface area (Å²) < 4.78 is 5.87. The Hall–Kier alpha value is -2.04. The summed E-state index contributed by atoms with van der Waals surface area (Å²) in [5, 5.41) is 18.0. The van der Waals surface area contributed by atoms with Gasteiger partial charge in [-0.2, -0.15) is 5.26 Å². The zero-order valence-electron chi connectivity index (χ0n) is 11.4. The van der Waals surface area contributed by atoms with Crippen LogP contribution in [0.25, 0.3) is 0 Å². The highest BCUT2D eigenvalue weighted by molar-refractivity contribution is 8.01. The predicted octanol–water partition coefficient (Wildman–Crippen LogP) is 3.11. The number of carboxylic acids is 1. The Morgan fingerprint density at radius 2 is 2.33 bits per heavy atom. The van der Waals surface area contributed by atoms with E-state index in [-0.39, 0.29) is 6.42 Å². The van der Waals surface area contributed by atoms with Crippen molar-refractivity contribution < 1.29 is 14.6 Å². The first-order valence-corrected chi connectivity index (χ1v) is 7.61. The first-order chi connectivity index (χ1) is 10.0. The van der Waals surface area contributed by atoms with Crippen LogP contribution in [0.2, 0.25) is 0 Å². The third kappa shape index (κ3) is 3.74. The Labute approximate surface area is 130 Å². The van der Waals surface area contributed by atoms with Gasteiger partial charge in [0.05, 0.1) is 24.8 Å². The number of ether oxygens (including phenoxy) is 1. The van der Waals surface area contributed by atoms with Gasteiger partial charge in [0.25, 0.3) is 0 Å². The molecule has 0 aliphatic rings. The quantitative estimate of drug-likeness (QED) is 0.911. The summed E-state index contributed by atoms with van der Waals surface area (Å²) in [5.74, 6) is -0.215. The van der Waals surface area contributed by atoms with E-state index in [1.54, 1.807) is 32.2 Å². The number of aliphatic carboxylic acids is 1. The summed E-state index contributed by atoms with van der Waals surface area (Å²) in [6.45, 7) is 1.79. The minimum atomic E-state index is -0.877. The average molecular weight is 320 g/mol. The molecule has 0 radical (unpaired) electrons. The minimum Gasteiger partial charge on any atom is -0.497 e. The molecule has 1 heterocycles. The van der Waals surface area contributed by atoms with Gasteiger partial charge in [-0.3, -0.25) is 4.79 Å². The highest BCUT2D eigenvalue weighted by Gasteiger charge is 2.14. The smallest absolute Gasteiger partial charge is 0.308 e. The van der Waals surface area contributed by atoms with Gasteiger partial charge < -0.3 is 9.84 Å². The van der Waals surface area contributed by atoms with E-state index in [1.165, 1.54) is 23.1 Å². The summed E-state index contributed by atoms with van der Waals surface area (Å²) in [4.78, 5) is 16.6. The summed E-state index contributed by atoms with van der Waals surface area (Å²) in [7, 11) is 1.56. The molecule has 108 valence electrons. The molecule has 2 aromatic rings. The van der Waals surface area contributed by atoms with Crippen molar-refractivity contribution >= 4 is 29.1 Å². The Kier molecular flexibility index (Phi) is 4.83. The van der Waals surface area contributed by atoms with Crippen molar-refractivity contribution in [2.24, 2.45) is 0 Å². The van der Waals surface area contributed by atoms with Crippen molar-refractivity contribution in [3.05, 3.63) is 34.3 Å². The van der Waals surface area contributed by atoms with E-state index in [0.29, 0.717) is 21.3 Å². The molecule has 0 aliphatic carbocycles. The van der Waals surface area contributed by atoms with Crippen LogP contribution in [-0.4, -0.2) is 23.2 Å². The fourth-order valence-electron chi connectivity index (χ4n) is 1.65. The van der Waals surface area contributed by atoms with Gasteiger partial charge in [0.15, 0.2) is 4.34 Å². The van der Waals surface area contributed by atoms with Crippen molar-refractivity contribution in [1.82, 2.24) is 4.98 Å². The number of nitrogens with zero attached hydrogens (tertiary/aromatic N) is 2. The maximum atomic E-state index is 10.8. The summed E-state index contributed by atoms with van der Waals surface area (Å²) >= 11 is 2.68. The monoisotopic (exact) mass is 320 g/mol. The Morgan fingerprint density at radius 1 is 1.57 bits per heavy atom. The van der Waals surface area contributed by atoms with E-state index >= 15 is 0 Å². The maximum absolute atomic E-state index is 10.8. The van der Waals surface area contributed by atoms with Gasteiger partial charge in [0, 0.05) is 9.77 Å². The number of hydrogen-bond donors (Lipinski definition) is 1. The van der Waals surface area contributed by atoms with Crippen LogP contribution in [0, 0.1) is 18.3 Å². The van der Waals surface area contributed by atoms with Crippen molar-refractivity contribution in [3.63, 3.8) is 0 Å². The molecule has 5 nitrogen and oxygen atoms in total. The number of aromatic nitrogens is 1. The Balaban J connectivity index is 2.30. The second-order valence-corrected chi connectivity index (χ2v) is 6.51. The Morgan fingerprint density at radius 3 is 2.95 bits per heavy atom. The van der Waals surface area contributed by atoms with Crippen molar-refractivity contribution in [3.8, 4) is 11.8 Å². The lowest BCUT2D eigenvalue weighted by molar-refractivity contribution is -0.136. The van der Waals surface area contributed by atoms with Crippen LogP contribution in [0.4, 0.5) is 0 Å². The maximum Gasteiger partial charge on any atom is 0.308 e. The molecule has 1 aromatic heterocycles. The number of rotatable bonds is 5. The summed E-state index contributed by atoms with van der Waals surface area (Å²) in [6, 6.07) is 7.32. The Bertz CT molecular complexity index is 719. The van der Waals surface area contributed by atoms with E-state index in [9.17, 15) is 4.79 Å². The van der Waals surface area contributed by atoms with Crippen LogP contribution in [0.3, 0.4) is 0 Å². The third-order valence-corrected chi connectivity index (χ3v) is 4.97. The molecule has 7 heteroatoms. The molecular weight excluding hydrogens is 308 g/mol. The molecular formula is C14H12N2O3S2. The van der Waals surface area contributed by atoms with Crippen LogP contribution in [0.15, 0.2) is 27.4 Å². The fourth-order valence-corrected chi connectivity index (χ4v) is 3.94. The first-order valence-electron chi connectivity index (χ1n) is 5.97. The van der Waals surface area contributed by atoms with Gasteiger partial charge in [-0.05, 0) is 25.1 Å². The van der Waals surface area contributed by atoms with E-state index in [2.05, 4.69) is 11.1 Å². The molecule has 0 saturated carbocycles. The van der Waals surface area contributed by atoms with Crippen LogP contribution < -0.4 is 4.74 Å². The minimum absolute atomic E-state index is 0.0344. The number of carboxylic acid groups (broad SMARTS) is 1. The van der Waals surface area contributed by atoms with Crippen LogP contribution >= 0.6 is 23.1 Å². The number of aryl methyl sites for hydroxylation is 1. The number of hydrogen-bond acceptors (Lipinski definition) is 6. The second-order valence-electron chi connectivity index (χ2n) is 4.13. The number of carbonyl (C=O) groups is 1. The van der Waals surface area contributed by atoms with Crippen LogP contribution in [0.1, 0.15) is 16.1 Å². The molecule has 21 heavy (non-hydrogen) atoms. The SMILES string of the molecule is COc1ccc(C#N)c(Sc2nc(C)c(CC(=O)O)s2)c1. The molecule has 0 saturated heterocycles. The van der Waals surface area contributed by atoms with Crippen LogP contribution in [-0.2, 0) is 11.2 Å².